The molecule has 0 unspecified atom stereocenters. The van der Waals surface area contributed by atoms with Crippen LogP contribution in [0.15, 0.2) is 60.7 Å². The van der Waals surface area contributed by atoms with Crippen LogP contribution in [0, 0.1) is 5.41 Å². The number of benzene rings is 2. The lowest BCUT2D eigenvalue weighted by atomic mass is 9.51. The highest BCUT2D eigenvalue weighted by Crippen LogP contribution is 2.59. The lowest BCUT2D eigenvalue weighted by Crippen LogP contribution is -2.44. The molecular formula is C35H50O. The SMILES string of the molecule is CCCCC/C=C/COc1ccc(-c2ccc(C34CCC(CCCCCCC)(CC3)CC4)cc2)cc1. The molecule has 0 aromatic heterocycles. The number of rotatable bonds is 15. The number of hydrogen-bond donors (Lipinski definition) is 0. The molecule has 36 heavy (non-hydrogen) atoms. The van der Waals surface area contributed by atoms with Crippen molar-refractivity contribution in [3.05, 3.63) is 66.2 Å². The Morgan fingerprint density at radius 1 is 0.639 bits per heavy atom. The first-order chi connectivity index (χ1) is 17.7. The van der Waals surface area contributed by atoms with Gasteiger partial charge in [0.05, 0.1) is 0 Å². The molecule has 0 atom stereocenters. The van der Waals surface area contributed by atoms with E-state index in [2.05, 4.69) is 74.5 Å². The molecule has 1 heteroatoms. The third-order valence-electron chi connectivity index (χ3n) is 9.38. The first-order valence-corrected chi connectivity index (χ1v) is 15.2. The zero-order valence-corrected chi connectivity index (χ0v) is 23.2. The number of ether oxygens (including phenoxy) is 1. The summed E-state index contributed by atoms with van der Waals surface area (Å²) in [5, 5.41) is 0. The van der Waals surface area contributed by atoms with Gasteiger partial charge in [-0.2, -0.15) is 0 Å². The summed E-state index contributed by atoms with van der Waals surface area (Å²) in [6.07, 6.45) is 26.6. The van der Waals surface area contributed by atoms with Gasteiger partial charge in [-0.15, -0.1) is 0 Å². The number of hydrogen-bond acceptors (Lipinski definition) is 1. The van der Waals surface area contributed by atoms with Crippen LogP contribution in [-0.4, -0.2) is 6.61 Å². The zero-order chi connectivity index (χ0) is 25.1. The van der Waals surface area contributed by atoms with Crippen LogP contribution < -0.4 is 4.74 Å². The molecule has 0 amide bonds. The van der Waals surface area contributed by atoms with Crippen LogP contribution in [0.3, 0.4) is 0 Å². The summed E-state index contributed by atoms with van der Waals surface area (Å²) in [5.74, 6) is 0.950. The van der Waals surface area contributed by atoms with E-state index in [1.807, 2.05) is 0 Å². The predicted octanol–water partition coefficient (Wildman–Crippen LogP) is 10.8. The van der Waals surface area contributed by atoms with E-state index in [4.69, 9.17) is 4.74 Å². The molecule has 0 saturated heterocycles. The average molecular weight is 487 g/mol. The van der Waals surface area contributed by atoms with E-state index in [9.17, 15) is 0 Å². The molecule has 0 radical (unpaired) electrons. The Balaban J connectivity index is 1.26. The molecule has 2 bridgehead atoms. The molecule has 2 aromatic carbocycles. The Kier molecular flexibility index (Phi) is 10.1. The van der Waals surface area contributed by atoms with Gasteiger partial charge in [0, 0.05) is 0 Å². The number of fused-ring (bicyclic) bond motifs is 3. The third-order valence-corrected chi connectivity index (χ3v) is 9.38. The van der Waals surface area contributed by atoms with Crippen LogP contribution in [-0.2, 0) is 5.41 Å². The normalized spacial score (nSPS) is 23.4. The maximum atomic E-state index is 5.90. The lowest BCUT2D eigenvalue weighted by molar-refractivity contribution is 0.0304. The highest BCUT2D eigenvalue weighted by atomic mass is 16.5. The Morgan fingerprint density at radius 3 is 1.86 bits per heavy atom. The Morgan fingerprint density at radius 2 is 1.22 bits per heavy atom. The van der Waals surface area contributed by atoms with Crippen molar-refractivity contribution >= 4 is 0 Å². The smallest absolute Gasteiger partial charge is 0.119 e. The topological polar surface area (TPSA) is 9.23 Å². The minimum Gasteiger partial charge on any atom is -0.490 e. The molecular weight excluding hydrogens is 436 g/mol. The van der Waals surface area contributed by atoms with E-state index < -0.39 is 0 Å². The van der Waals surface area contributed by atoms with E-state index in [-0.39, 0.29) is 0 Å². The van der Waals surface area contributed by atoms with E-state index in [0.29, 0.717) is 17.4 Å². The molecule has 2 aromatic rings. The van der Waals surface area contributed by atoms with Crippen LogP contribution in [0.1, 0.15) is 122 Å². The summed E-state index contributed by atoms with van der Waals surface area (Å²) in [5.41, 5.74) is 5.31. The molecule has 3 aliphatic carbocycles. The highest BCUT2D eigenvalue weighted by Gasteiger charge is 2.48. The summed E-state index contributed by atoms with van der Waals surface area (Å²) < 4.78 is 5.90. The van der Waals surface area contributed by atoms with Crippen molar-refractivity contribution in [2.45, 2.75) is 122 Å². The van der Waals surface area contributed by atoms with Crippen molar-refractivity contribution in [2.24, 2.45) is 5.41 Å². The largest absolute Gasteiger partial charge is 0.490 e. The fourth-order valence-corrected chi connectivity index (χ4v) is 6.78. The van der Waals surface area contributed by atoms with Crippen molar-refractivity contribution < 1.29 is 4.74 Å². The molecule has 196 valence electrons. The standard InChI is InChI=1S/C35H50O/c1-3-5-7-9-11-13-29-36-33-20-16-31(17-21-33)30-14-18-32(19-15-30)35-26-23-34(24-27-35,25-28-35)22-12-10-8-6-4-2/h11,13-21H,3-10,12,22-29H2,1-2H3/b13-11+. The van der Waals surface area contributed by atoms with Gasteiger partial charge in [0.15, 0.2) is 0 Å². The fourth-order valence-electron chi connectivity index (χ4n) is 6.78. The van der Waals surface area contributed by atoms with Gasteiger partial charge in [-0.1, -0.05) is 107 Å². The first kappa shape index (κ1) is 27.0. The molecule has 3 aliphatic rings. The van der Waals surface area contributed by atoms with Gasteiger partial charge in [0.2, 0.25) is 0 Å². The van der Waals surface area contributed by atoms with Crippen LogP contribution in [0.2, 0.25) is 0 Å². The van der Waals surface area contributed by atoms with E-state index in [1.54, 1.807) is 5.56 Å². The summed E-state index contributed by atoms with van der Waals surface area (Å²) in [4.78, 5) is 0. The molecule has 5 rings (SSSR count). The maximum Gasteiger partial charge on any atom is 0.119 e. The van der Waals surface area contributed by atoms with E-state index in [0.717, 1.165) is 12.2 Å². The summed E-state index contributed by atoms with van der Waals surface area (Å²) in [6, 6.07) is 18.2. The van der Waals surface area contributed by atoms with Crippen LogP contribution in [0.4, 0.5) is 0 Å². The molecule has 0 N–H and O–H groups in total. The molecule has 3 fully saturated rings. The fraction of sp³-hybridized carbons (Fsp3) is 0.600. The summed E-state index contributed by atoms with van der Waals surface area (Å²) >= 11 is 0. The maximum absolute atomic E-state index is 5.90. The Labute approximate surface area is 221 Å². The van der Waals surface area contributed by atoms with Gasteiger partial charge in [-0.05, 0) is 97.4 Å². The molecule has 0 aliphatic heterocycles. The van der Waals surface area contributed by atoms with Crippen molar-refractivity contribution in [3.8, 4) is 16.9 Å². The van der Waals surface area contributed by atoms with Crippen molar-refractivity contribution in [2.75, 3.05) is 6.61 Å². The Bertz CT molecular complexity index is 896. The van der Waals surface area contributed by atoms with Gasteiger partial charge in [-0.25, -0.2) is 0 Å². The Hall–Kier alpha value is -2.02. The van der Waals surface area contributed by atoms with E-state index >= 15 is 0 Å². The molecule has 3 saturated carbocycles. The van der Waals surface area contributed by atoms with Gasteiger partial charge in [-0.3, -0.25) is 0 Å². The minimum atomic E-state index is 0.449. The van der Waals surface area contributed by atoms with Crippen molar-refractivity contribution in [3.63, 3.8) is 0 Å². The summed E-state index contributed by atoms with van der Waals surface area (Å²) in [6.45, 7) is 5.22. The van der Waals surface area contributed by atoms with E-state index in [1.165, 1.54) is 107 Å². The second kappa shape index (κ2) is 13.5. The lowest BCUT2D eigenvalue weighted by Gasteiger charge is -2.54. The average Bonchev–Trinajstić information content (AvgIpc) is 2.94. The van der Waals surface area contributed by atoms with Crippen molar-refractivity contribution in [1.29, 1.82) is 0 Å². The van der Waals surface area contributed by atoms with Gasteiger partial charge < -0.3 is 4.74 Å². The van der Waals surface area contributed by atoms with Gasteiger partial charge >= 0.3 is 0 Å². The van der Waals surface area contributed by atoms with Gasteiger partial charge in [0.1, 0.15) is 12.4 Å². The van der Waals surface area contributed by atoms with Crippen LogP contribution in [0.25, 0.3) is 11.1 Å². The second-order valence-electron chi connectivity index (χ2n) is 11.8. The quantitative estimate of drug-likeness (QED) is 0.180. The van der Waals surface area contributed by atoms with Gasteiger partial charge in [0.25, 0.3) is 0 Å². The monoisotopic (exact) mass is 486 g/mol. The first-order valence-electron chi connectivity index (χ1n) is 15.2. The summed E-state index contributed by atoms with van der Waals surface area (Å²) in [7, 11) is 0. The number of allylic oxidation sites excluding steroid dienone is 1. The zero-order valence-electron chi connectivity index (χ0n) is 23.2. The highest BCUT2D eigenvalue weighted by molar-refractivity contribution is 5.64. The van der Waals surface area contributed by atoms with Crippen LogP contribution in [0.5, 0.6) is 5.75 Å². The van der Waals surface area contributed by atoms with Crippen LogP contribution >= 0.6 is 0 Å². The van der Waals surface area contributed by atoms with Crippen molar-refractivity contribution in [1.82, 2.24) is 0 Å². The minimum absolute atomic E-state index is 0.449. The third kappa shape index (κ3) is 7.05. The molecule has 0 spiro atoms. The number of unbranched alkanes of at least 4 members (excludes halogenated alkanes) is 7. The second-order valence-corrected chi connectivity index (χ2v) is 11.8. The molecule has 0 heterocycles. The molecule has 1 nitrogen and oxygen atoms in total. The predicted molar refractivity (Wildman–Crippen MR) is 156 cm³/mol.